The minimum atomic E-state index is -0.125. The van der Waals surface area contributed by atoms with Gasteiger partial charge in [0.1, 0.15) is 5.60 Å². The van der Waals surface area contributed by atoms with Gasteiger partial charge >= 0.3 is 5.97 Å². The van der Waals surface area contributed by atoms with Gasteiger partial charge in [-0.1, -0.05) is 6.42 Å². The quantitative estimate of drug-likeness (QED) is 0.588. The Morgan fingerprint density at radius 1 is 1.06 bits per heavy atom. The Morgan fingerprint density at radius 2 is 1.81 bits per heavy atom. The molecule has 1 spiro atoms. The molecule has 3 saturated heterocycles. The molecule has 0 amide bonds. The van der Waals surface area contributed by atoms with E-state index in [-0.39, 0.29) is 23.6 Å². The Hall–Kier alpha value is -0.570. The maximum Gasteiger partial charge on any atom is 0.312 e. The number of carbonyl (C=O) groups excluding carboxylic acids is 1. The van der Waals surface area contributed by atoms with E-state index in [0.29, 0.717) is 12.0 Å². The smallest absolute Gasteiger partial charge is 0.312 e. The molecule has 1 aliphatic carbocycles. The average Bonchev–Trinajstić information content (AvgIpc) is 2.94. The van der Waals surface area contributed by atoms with Crippen LogP contribution in [-0.2, 0) is 14.3 Å². The highest BCUT2D eigenvalue weighted by atomic mass is 16.6. The highest BCUT2D eigenvalue weighted by Gasteiger charge is 2.66. The van der Waals surface area contributed by atoms with Crippen molar-refractivity contribution in [1.82, 2.24) is 0 Å². The Bertz CT molecular complexity index is 332. The van der Waals surface area contributed by atoms with E-state index in [9.17, 15) is 4.79 Å². The third-order valence-corrected chi connectivity index (χ3v) is 5.16. The largest absolute Gasteiger partial charge is 0.458 e. The molecule has 0 N–H and O–H groups in total. The van der Waals surface area contributed by atoms with E-state index >= 15 is 0 Å². The summed E-state index contributed by atoms with van der Waals surface area (Å²) in [4.78, 5) is 12.0. The van der Waals surface area contributed by atoms with Crippen molar-refractivity contribution in [3.63, 3.8) is 0 Å². The molecule has 3 heteroatoms. The molecule has 3 heterocycles. The van der Waals surface area contributed by atoms with E-state index in [1.54, 1.807) is 0 Å². The van der Waals surface area contributed by atoms with Gasteiger partial charge in [0.2, 0.25) is 0 Å². The zero-order chi connectivity index (χ0) is 10.8. The lowest BCUT2D eigenvalue weighted by molar-refractivity contribution is -0.158. The third-order valence-electron chi connectivity index (χ3n) is 5.16. The van der Waals surface area contributed by atoms with Gasteiger partial charge in [-0.15, -0.1) is 0 Å². The molecule has 0 radical (unpaired) electrons. The summed E-state index contributed by atoms with van der Waals surface area (Å²) in [6.45, 7) is 0. The predicted octanol–water partition coefficient (Wildman–Crippen LogP) is 2.04. The predicted molar refractivity (Wildman–Crippen MR) is 56.8 cm³/mol. The number of ether oxygens (including phenoxy) is 2. The molecule has 88 valence electrons. The molecule has 4 unspecified atom stereocenters. The van der Waals surface area contributed by atoms with Crippen LogP contribution >= 0.6 is 0 Å². The fourth-order valence-corrected chi connectivity index (χ4v) is 4.57. The van der Waals surface area contributed by atoms with Crippen molar-refractivity contribution >= 4 is 5.97 Å². The van der Waals surface area contributed by atoms with Gasteiger partial charge in [0.05, 0.1) is 18.1 Å². The maximum absolute atomic E-state index is 12.0. The molecule has 0 aromatic rings. The van der Waals surface area contributed by atoms with Crippen molar-refractivity contribution in [3.05, 3.63) is 0 Å². The van der Waals surface area contributed by atoms with Crippen LogP contribution in [0.5, 0.6) is 0 Å². The van der Waals surface area contributed by atoms with E-state index in [2.05, 4.69) is 0 Å². The fraction of sp³-hybridized carbons (Fsp3) is 0.923. The number of esters is 1. The molecule has 4 fully saturated rings. The van der Waals surface area contributed by atoms with Gasteiger partial charge in [-0.25, -0.2) is 0 Å². The summed E-state index contributed by atoms with van der Waals surface area (Å²) in [5, 5.41) is 0. The van der Waals surface area contributed by atoms with Crippen molar-refractivity contribution in [2.24, 2.45) is 11.8 Å². The minimum Gasteiger partial charge on any atom is -0.458 e. The zero-order valence-corrected chi connectivity index (χ0v) is 9.48. The molecular weight excluding hydrogens is 204 g/mol. The van der Waals surface area contributed by atoms with E-state index in [1.165, 1.54) is 19.3 Å². The summed E-state index contributed by atoms with van der Waals surface area (Å²) in [5.41, 5.74) is -0.125. The Labute approximate surface area is 95.5 Å². The SMILES string of the molecule is O=C1OC2(CCCCC2)C2C3CCC(O3)C12. The van der Waals surface area contributed by atoms with Crippen LogP contribution < -0.4 is 0 Å². The minimum absolute atomic E-state index is 0.0408. The second-order valence-electron chi connectivity index (χ2n) is 5.89. The molecule has 3 nitrogen and oxygen atoms in total. The molecule has 4 atom stereocenters. The van der Waals surface area contributed by atoms with Gasteiger partial charge in [0.15, 0.2) is 0 Å². The molecule has 1 saturated carbocycles. The van der Waals surface area contributed by atoms with Gasteiger partial charge in [0.25, 0.3) is 0 Å². The van der Waals surface area contributed by atoms with Crippen molar-refractivity contribution < 1.29 is 14.3 Å². The van der Waals surface area contributed by atoms with Gasteiger partial charge < -0.3 is 9.47 Å². The van der Waals surface area contributed by atoms with E-state index < -0.39 is 0 Å². The number of hydrogen-bond acceptors (Lipinski definition) is 3. The first-order valence-electron chi connectivity index (χ1n) is 6.68. The topological polar surface area (TPSA) is 35.5 Å². The summed E-state index contributed by atoms with van der Waals surface area (Å²) in [5.74, 6) is 0.509. The first-order valence-corrected chi connectivity index (χ1v) is 6.68. The molecule has 3 aliphatic heterocycles. The number of hydrogen-bond donors (Lipinski definition) is 0. The molecule has 0 aromatic heterocycles. The van der Waals surface area contributed by atoms with Crippen LogP contribution in [0.15, 0.2) is 0 Å². The second-order valence-corrected chi connectivity index (χ2v) is 5.89. The monoisotopic (exact) mass is 222 g/mol. The van der Waals surface area contributed by atoms with E-state index in [4.69, 9.17) is 9.47 Å². The lowest BCUT2D eigenvalue weighted by Gasteiger charge is -2.38. The van der Waals surface area contributed by atoms with Crippen molar-refractivity contribution in [3.8, 4) is 0 Å². The molecule has 0 aromatic carbocycles. The van der Waals surface area contributed by atoms with Crippen LogP contribution in [0.1, 0.15) is 44.9 Å². The van der Waals surface area contributed by atoms with Gasteiger partial charge in [0, 0.05) is 5.92 Å². The zero-order valence-electron chi connectivity index (χ0n) is 9.48. The number of carbonyl (C=O) groups is 1. The third kappa shape index (κ3) is 1.01. The summed E-state index contributed by atoms with van der Waals surface area (Å²) < 4.78 is 11.8. The lowest BCUT2D eigenvalue weighted by atomic mass is 9.67. The lowest BCUT2D eigenvalue weighted by Crippen LogP contribution is -2.43. The summed E-state index contributed by atoms with van der Waals surface area (Å²) in [6, 6.07) is 0. The number of rotatable bonds is 0. The van der Waals surface area contributed by atoms with Crippen molar-refractivity contribution in [1.29, 1.82) is 0 Å². The maximum atomic E-state index is 12.0. The second kappa shape index (κ2) is 3.00. The highest BCUT2D eigenvalue weighted by Crippen LogP contribution is 2.57. The average molecular weight is 222 g/mol. The Morgan fingerprint density at radius 3 is 2.62 bits per heavy atom. The molecule has 2 bridgehead atoms. The summed E-state index contributed by atoms with van der Waals surface area (Å²) in [7, 11) is 0. The van der Waals surface area contributed by atoms with Crippen LogP contribution in [0.3, 0.4) is 0 Å². The number of fused-ring (bicyclic) bond motifs is 6. The molecule has 4 aliphatic rings. The standard InChI is InChI=1S/C13H18O3/c14-12-10-8-4-5-9(15-8)11(10)13(16-12)6-2-1-3-7-13/h8-11H,1-7H2. The van der Waals surface area contributed by atoms with Gasteiger partial charge in [-0.3, -0.25) is 4.79 Å². The fourth-order valence-electron chi connectivity index (χ4n) is 4.57. The first kappa shape index (κ1) is 9.46. The Balaban J connectivity index is 1.72. The summed E-state index contributed by atoms with van der Waals surface area (Å²) >= 11 is 0. The normalized spacial score (nSPS) is 48.4. The van der Waals surface area contributed by atoms with Crippen LogP contribution in [0.4, 0.5) is 0 Å². The molecular formula is C13H18O3. The van der Waals surface area contributed by atoms with Gasteiger partial charge in [-0.05, 0) is 38.5 Å². The van der Waals surface area contributed by atoms with Crippen LogP contribution in [-0.4, -0.2) is 23.8 Å². The first-order chi connectivity index (χ1) is 7.80. The van der Waals surface area contributed by atoms with E-state index in [0.717, 1.165) is 25.7 Å². The van der Waals surface area contributed by atoms with Crippen LogP contribution in [0.25, 0.3) is 0 Å². The molecule has 4 rings (SSSR count). The van der Waals surface area contributed by atoms with E-state index in [1.807, 2.05) is 0 Å². The van der Waals surface area contributed by atoms with Crippen molar-refractivity contribution in [2.75, 3.05) is 0 Å². The van der Waals surface area contributed by atoms with Crippen LogP contribution in [0, 0.1) is 11.8 Å². The Kier molecular flexibility index (Phi) is 1.78. The van der Waals surface area contributed by atoms with Gasteiger partial charge in [-0.2, -0.15) is 0 Å². The highest BCUT2D eigenvalue weighted by molar-refractivity contribution is 5.77. The molecule has 16 heavy (non-hydrogen) atoms. The summed E-state index contributed by atoms with van der Waals surface area (Å²) in [6.07, 6.45) is 8.59. The van der Waals surface area contributed by atoms with Crippen LogP contribution in [0.2, 0.25) is 0 Å². The van der Waals surface area contributed by atoms with Crippen molar-refractivity contribution in [2.45, 2.75) is 62.8 Å².